The van der Waals surface area contributed by atoms with Gasteiger partial charge in [0.15, 0.2) is 0 Å². The number of halogens is 1. The van der Waals surface area contributed by atoms with E-state index in [1.807, 2.05) is 34.1 Å². The van der Waals surface area contributed by atoms with Gasteiger partial charge in [0.2, 0.25) is 0 Å². The Bertz CT molecular complexity index is 832. The second-order valence-electron chi connectivity index (χ2n) is 8.04. The highest BCUT2D eigenvalue weighted by atomic mass is 35.5. The third kappa shape index (κ3) is 2.99. The second-order valence-corrected chi connectivity index (χ2v) is 8.45. The predicted molar refractivity (Wildman–Crippen MR) is 107 cm³/mol. The Labute approximate surface area is 160 Å². The lowest BCUT2D eigenvalue weighted by Crippen LogP contribution is -2.47. The standard InChI is InChI=1S/C22H25ClN2O/c1-22(2)12-14-25(20-10-6-4-8-18(20)22)21(26)24-13-11-16(15-24)17-7-3-5-9-19(17)23/h3-10,16H,11-15H2,1-2H3. The van der Waals surface area contributed by atoms with Gasteiger partial charge in [-0.3, -0.25) is 4.90 Å². The van der Waals surface area contributed by atoms with Crippen molar-refractivity contribution < 1.29 is 4.79 Å². The number of hydrogen-bond acceptors (Lipinski definition) is 1. The first-order valence-electron chi connectivity index (χ1n) is 9.38. The van der Waals surface area contributed by atoms with Gasteiger partial charge in [-0.15, -0.1) is 0 Å². The van der Waals surface area contributed by atoms with E-state index in [4.69, 9.17) is 11.6 Å². The molecular formula is C22H25ClN2O. The summed E-state index contributed by atoms with van der Waals surface area (Å²) in [6.07, 6.45) is 1.95. The van der Waals surface area contributed by atoms with Crippen molar-refractivity contribution in [1.82, 2.24) is 4.90 Å². The van der Waals surface area contributed by atoms with Gasteiger partial charge in [-0.05, 0) is 41.5 Å². The zero-order valence-corrected chi connectivity index (χ0v) is 16.2. The van der Waals surface area contributed by atoms with Crippen LogP contribution in [0.5, 0.6) is 0 Å². The van der Waals surface area contributed by atoms with Crippen LogP contribution in [0.1, 0.15) is 43.7 Å². The summed E-state index contributed by atoms with van der Waals surface area (Å²) in [5.74, 6) is 0.323. The van der Waals surface area contributed by atoms with Gasteiger partial charge in [-0.1, -0.05) is 61.8 Å². The summed E-state index contributed by atoms with van der Waals surface area (Å²) in [6.45, 7) is 6.82. The fourth-order valence-corrected chi connectivity index (χ4v) is 4.58. The minimum Gasteiger partial charge on any atom is -0.324 e. The lowest BCUT2D eigenvalue weighted by atomic mass is 9.78. The number of fused-ring (bicyclic) bond motifs is 1. The number of anilines is 1. The topological polar surface area (TPSA) is 23.6 Å². The van der Waals surface area contributed by atoms with Crippen molar-refractivity contribution in [2.75, 3.05) is 24.5 Å². The third-order valence-corrected chi connectivity index (χ3v) is 6.26. The van der Waals surface area contributed by atoms with E-state index in [0.717, 1.165) is 48.7 Å². The molecule has 0 bridgehead atoms. The Morgan fingerprint density at radius 2 is 1.81 bits per heavy atom. The van der Waals surface area contributed by atoms with E-state index < -0.39 is 0 Å². The summed E-state index contributed by atoms with van der Waals surface area (Å²) in [5, 5.41) is 0.803. The van der Waals surface area contributed by atoms with Crippen molar-refractivity contribution in [2.24, 2.45) is 0 Å². The van der Waals surface area contributed by atoms with Crippen LogP contribution in [-0.2, 0) is 5.41 Å². The molecule has 0 spiro atoms. The molecule has 2 aromatic carbocycles. The Kier molecular flexibility index (Phi) is 4.44. The van der Waals surface area contributed by atoms with Crippen molar-refractivity contribution in [3.63, 3.8) is 0 Å². The zero-order chi connectivity index (χ0) is 18.3. The van der Waals surface area contributed by atoms with Crippen LogP contribution >= 0.6 is 11.6 Å². The summed E-state index contributed by atoms with van der Waals surface area (Å²) in [7, 11) is 0. The minimum absolute atomic E-state index is 0.110. The molecule has 0 N–H and O–H groups in total. The van der Waals surface area contributed by atoms with Crippen molar-refractivity contribution in [1.29, 1.82) is 0 Å². The Balaban J connectivity index is 1.55. The van der Waals surface area contributed by atoms with E-state index in [1.165, 1.54) is 5.56 Å². The van der Waals surface area contributed by atoms with Crippen LogP contribution in [0.15, 0.2) is 48.5 Å². The number of para-hydroxylation sites is 1. The Morgan fingerprint density at radius 1 is 1.08 bits per heavy atom. The molecule has 4 rings (SSSR count). The molecule has 1 fully saturated rings. The number of urea groups is 1. The third-order valence-electron chi connectivity index (χ3n) is 5.92. The van der Waals surface area contributed by atoms with Crippen LogP contribution < -0.4 is 4.90 Å². The summed E-state index contributed by atoms with van der Waals surface area (Å²) < 4.78 is 0. The first-order chi connectivity index (χ1) is 12.5. The van der Waals surface area contributed by atoms with E-state index in [-0.39, 0.29) is 11.4 Å². The van der Waals surface area contributed by atoms with Crippen molar-refractivity contribution in [3.05, 3.63) is 64.7 Å². The molecule has 3 nitrogen and oxygen atoms in total. The molecule has 0 saturated carbocycles. The van der Waals surface area contributed by atoms with Crippen LogP contribution in [0, 0.1) is 0 Å². The SMILES string of the molecule is CC1(C)CCN(C(=O)N2CCC(c3ccccc3Cl)C2)c2ccccc21. The lowest BCUT2D eigenvalue weighted by Gasteiger charge is -2.40. The lowest BCUT2D eigenvalue weighted by molar-refractivity contribution is 0.213. The molecular weight excluding hydrogens is 344 g/mol. The highest BCUT2D eigenvalue weighted by Crippen LogP contribution is 2.40. The number of carbonyl (C=O) groups excluding carboxylic acids is 1. The highest BCUT2D eigenvalue weighted by molar-refractivity contribution is 6.31. The average Bonchev–Trinajstić information content (AvgIpc) is 3.12. The Morgan fingerprint density at radius 3 is 2.62 bits per heavy atom. The monoisotopic (exact) mass is 368 g/mol. The minimum atomic E-state index is 0.110. The largest absolute Gasteiger partial charge is 0.324 e. The molecule has 0 aliphatic carbocycles. The van der Waals surface area contributed by atoms with E-state index in [2.05, 4.69) is 38.1 Å². The first kappa shape index (κ1) is 17.4. The second kappa shape index (κ2) is 6.62. The molecule has 1 atom stereocenters. The molecule has 2 heterocycles. The van der Waals surface area contributed by atoms with E-state index >= 15 is 0 Å². The summed E-state index contributed by atoms with van der Waals surface area (Å²) in [6, 6.07) is 16.5. The number of carbonyl (C=O) groups is 1. The number of rotatable bonds is 1. The van der Waals surface area contributed by atoms with Crippen molar-refractivity contribution in [2.45, 2.75) is 38.0 Å². The van der Waals surface area contributed by atoms with E-state index in [9.17, 15) is 4.79 Å². The highest BCUT2D eigenvalue weighted by Gasteiger charge is 2.37. The van der Waals surface area contributed by atoms with Gasteiger partial charge < -0.3 is 4.90 Å². The number of nitrogens with zero attached hydrogens (tertiary/aromatic N) is 2. The molecule has 1 saturated heterocycles. The smallest absolute Gasteiger partial charge is 0.324 e. The fourth-order valence-electron chi connectivity index (χ4n) is 4.29. The zero-order valence-electron chi connectivity index (χ0n) is 15.4. The van der Waals surface area contributed by atoms with Crippen molar-refractivity contribution >= 4 is 23.3 Å². The van der Waals surface area contributed by atoms with Crippen LogP contribution in [0.4, 0.5) is 10.5 Å². The van der Waals surface area contributed by atoms with Crippen molar-refractivity contribution in [3.8, 4) is 0 Å². The average molecular weight is 369 g/mol. The first-order valence-corrected chi connectivity index (χ1v) is 9.75. The van der Waals surface area contributed by atoms with Gasteiger partial charge in [0.05, 0.1) is 0 Å². The van der Waals surface area contributed by atoms with Gasteiger partial charge >= 0.3 is 6.03 Å². The molecule has 136 valence electrons. The number of benzene rings is 2. The molecule has 0 aromatic heterocycles. The van der Waals surface area contributed by atoms with E-state index in [0.29, 0.717) is 5.92 Å². The molecule has 4 heteroatoms. The molecule has 2 aromatic rings. The van der Waals surface area contributed by atoms with Crippen LogP contribution in [0.25, 0.3) is 0 Å². The molecule has 2 aliphatic heterocycles. The maximum absolute atomic E-state index is 13.3. The molecule has 2 amide bonds. The van der Waals surface area contributed by atoms with Crippen LogP contribution in [0.2, 0.25) is 5.02 Å². The maximum Gasteiger partial charge on any atom is 0.324 e. The molecule has 2 aliphatic rings. The van der Waals surface area contributed by atoms with Crippen LogP contribution in [-0.4, -0.2) is 30.6 Å². The van der Waals surface area contributed by atoms with Crippen LogP contribution in [0.3, 0.4) is 0 Å². The normalized spacial score (nSPS) is 21.6. The summed E-state index contributed by atoms with van der Waals surface area (Å²) in [5.41, 5.74) is 3.60. The summed E-state index contributed by atoms with van der Waals surface area (Å²) >= 11 is 6.36. The maximum atomic E-state index is 13.3. The van der Waals surface area contributed by atoms with Gasteiger partial charge in [-0.25, -0.2) is 4.79 Å². The summed E-state index contributed by atoms with van der Waals surface area (Å²) in [4.78, 5) is 17.2. The number of hydrogen-bond donors (Lipinski definition) is 0. The Hall–Kier alpha value is -2.00. The molecule has 1 unspecified atom stereocenters. The van der Waals surface area contributed by atoms with Gasteiger partial charge in [0.25, 0.3) is 0 Å². The molecule has 26 heavy (non-hydrogen) atoms. The predicted octanol–water partition coefficient (Wildman–Crippen LogP) is 5.44. The van der Waals surface area contributed by atoms with Gasteiger partial charge in [0, 0.05) is 36.3 Å². The number of likely N-dealkylation sites (tertiary alicyclic amines) is 1. The fraction of sp³-hybridized carbons (Fsp3) is 0.409. The molecule has 0 radical (unpaired) electrons. The number of amides is 2. The van der Waals surface area contributed by atoms with Gasteiger partial charge in [0.1, 0.15) is 0 Å². The van der Waals surface area contributed by atoms with Gasteiger partial charge in [-0.2, -0.15) is 0 Å². The van der Waals surface area contributed by atoms with E-state index in [1.54, 1.807) is 0 Å². The quantitative estimate of drug-likeness (QED) is 0.657.